The number of anilines is 1. The third-order valence-corrected chi connectivity index (χ3v) is 4.76. The minimum Gasteiger partial charge on any atom is -0.442 e. The highest BCUT2D eigenvalue weighted by atomic mass is 16.3. The van der Waals surface area contributed by atoms with Crippen molar-refractivity contribution >= 4 is 22.8 Å². The maximum absolute atomic E-state index is 13.2. The Morgan fingerprint density at radius 1 is 1.20 bits per heavy atom. The van der Waals surface area contributed by atoms with E-state index in [0.29, 0.717) is 17.4 Å². The first-order valence-corrected chi connectivity index (χ1v) is 9.45. The molecule has 0 unspecified atom stereocenters. The second kappa shape index (κ2) is 6.94. The normalized spacial score (nSPS) is 11.8. The average molecular weight is 406 g/mol. The Labute approximate surface area is 172 Å². The van der Waals surface area contributed by atoms with Crippen molar-refractivity contribution in [2.24, 2.45) is 7.05 Å². The summed E-state index contributed by atoms with van der Waals surface area (Å²) in [6, 6.07) is 7.25. The van der Waals surface area contributed by atoms with E-state index in [1.165, 1.54) is 10.9 Å². The Kier molecular flexibility index (Phi) is 4.53. The number of nitrogens with zero attached hydrogens (tertiary/aromatic N) is 5. The van der Waals surface area contributed by atoms with Crippen molar-refractivity contribution in [2.75, 3.05) is 5.32 Å². The molecular formula is C21H22N6O3. The van der Waals surface area contributed by atoms with Crippen molar-refractivity contribution in [3.63, 3.8) is 0 Å². The average Bonchev–Trinajstić information content (AvgIpc) is 3.26. The molecule has 4 rings (SSSR count). The van der Waals surface area contributed by atoms with Gasteiger partial charge in [-0.25, -0.2) is 9.97 Å². The van der Waals surface area contributed by atoms with Crippen LogP contribution in [0.2, 0.25) is 0 Å². The number of amides is 1. The van der Waals surface area contributed by atoms with Gasteiger partial charge in [-0.1, -0.05) is 26.8 Å². The first kappa shape index (κ1) is 19.6. The summed E-state index contributed by atoms with van der Waals surface area (Å²) < 4.78 is 8.43. The number of carbonyl (C=O) groups is 1. The number of nitrogens with one attached hydrogen (secondary N) is 1. The lowest BCUT2D eigenvalue weighted by molar-refractivity contribution is 0.102. The third-order valence-electron chi connectivity index (χ3n) is 4.76. The van der Waals surface area contributed by atoms with E-state index in [1.807, 2.05) is 26.8 Å². The molecule has 0 fully saturated rings. The molecule has 0 aliphatic rings. The molecule has 0 saturated heterocycles. The maximum atomic E-state index is 13.2. The smallest absolute Gasteiger partial charge is 0.265 e. The fourth-order valence-corrected chi connectivity index (χ4v) is 3.13. The van der Waals surface area contributed by atoms with Crippen LogP contribution in [0, 0.1) is 6.92 Å². The van der Waals surface area contributed by atoms with Crippen LogP contribution in [0.25, 0.3) is 16.9 Å². The van der Waals surface area contributed by atoms with Crippen molar-refractivity contribution < 1.29 is 9.21 Å². The lowest BCUT2D eigenvalue weighted by Gasteiger charge is -2.13. The number of aryl methyl sites for hydroxylation is 2. The summed E-state index contributed by atoms with van der Waals surface area (Å²) in [6.07, 6.45) is 3.02. The van der Waals surface area contributed by atoms with Gasteiger partial charge < -0.3 is 14.3 Å². The summed E-state index contributed by atoms with van der Waals surface area (Å²) in [4.78, 5) is 34.2. The van der Waals surface area contributed by atoms with E-state index in [2.05, 4.69) is 20.4 Å². The molecule has 0 bridgehead atoms. The zero-order valence-corrected chi connectivity index (χ0v) is 17.4. The molecule has 30 heavy (non-hydrogen) atoms. The number of furan rings is 1. The highest BCUT2D eigenvalue weighted by Gasteiger charge is 2.26. The van der Waals surface area contributed by atoms with Gasteiger partial charge in [-0.15, -0.1) is 0 Å². The second-order valence-corrected chi connectivity index (χ2v) is 8.09. The Bertz CT molecular complexity index is 1310. The van der Waals surface area contributed by atoms with Gasteiger partial charge >= 0.3 is 0 Å². The Balaban J connectivity index is 1.82. The molecule has 9 heteroatoms. The van der Waals surface area contributed by atoms with Gasteiger partial charge in [0.25, 0.3) is 11.5 Å². The summed E-state index contributed by atoms with van der Waals surface area (Å²) in [7, 11) is 1.57. The largest absolute Gasteiger partial charge is 0.442 e. The summed E-state index contributed by atoms with van der Waals surface area (Å²) >= 11 is 0. The molecule has 0 aliphatic heterocycles. The van der Waals surface area contributed by atoms with E-state index in [-0.39, 0.29) is 27.6 Å². The molecule has 1 N–H and O–H groups in total. The summed E-state index contributed by atoms with van der Waals surface area (Å²) in [5.74, 6) is 0.847. The minimum atomic E-state index is -0.478. The van der Waals surface area contributed by atoms with Gasteiger partial charge in [0.2, 0.25) is 5.71 Å². The molecule has 154 valence electrons. The first-order valence-electron chi connectivity index (χ1n) is 9.45. The van der Waals surface area contributed by atoms with Crippen LogP contribution < -0.4 is 10.9 Å². The fraction of sp³-hybridized carbons (Fsp3) is 0.286. The van der Waals surface area contributed by atoms with Crippen molar-refractivity contribution in [2.45, 2.75) is 33.1 Å². The molecule has 4 heterocycles. The van der Waals surface area contributed by atoms with Crippen LogP contribution in [0.4, 0.5) is 5.82 Å². The van der Waals surface area contributed by atoms with Crippen LogP contribution in [0.15, 0.2) is 46.0 Å². The maximum Gasteiger partial charge on any atom is 0.265 e. The lowest BCUT2D eigenvalue weighted by Crippen LogP contribution is -2.21. The molecule has 0 spiro atoms. The van der Waals surface area contributed by atoms with Gasteiger partial charge in [0.15, 0.2) is 5.82 Å². The molecule has 4 aromatic heterocycles. The SMILES string of the molecule is Cc1oc2ncn(C)c(=O)c2c1C(=O)Nc1cc(C(C)(C)C)nn1-c1ccccn1. The Morgan fingerprint density at radius 2 is 1.97 bits per heavy atom. The minimum absolute atomic E-state index is 0.134. The summed E-state index contributed by atoms with van der Waals surface area (Å²) in [5, 5.41) is 7.66. The molecular weight excluding hydrogens is 384 g/mol. The van der Waals surface area contributed by atoms with Crippen molar-refractivity contribution in [3.05, 3.63) is 64.2 Å². The second-order valence-electron chi connectivity index (χ2n) is 8.09. The van der Waals surface area contributed by atoms with Crippen LogP contribution in [-0.4, -0.2) is 30.2 Å². The van der Waals surface area contributed by atoms with E-state index in [0.717, 1.165) is 5.69 Å². The fourth-order valence-electron chi connectivity index (χ4n) is 3.13. The zero-order chi connectivity index (χ0) is 21.6. The predicted octanol–water partition coefficient (Wildman–Crippen LogP) is 2.97. The van der Waals surface area contributed by atoms with Gasteiger partial charge in [-0.3, -0.25) is 9.59 Å². The highest BCUT2D eigenvalue weighted by molar-refractivity contribution is 6.12. The molecule has 0 atom stereocenters. The molecule has 1 amide bonds. The van der Waals surface area contributed by atoms with Gasteiger partial charge in [0.05, 0.1) is 11.3 Å². The van der Waals surface area contributed by atoms with E-state index in [4.69, 9.17) is 4.42 Å². The van der Waals surface area contributed by atoms with Crippen molar-refractivity contribution in [1.29, 1.82) is 0 Å². The Hall–Kier alpha value is -3.75. The van der Waals surface area contributed by atoms with E-state index in [1.54, 1.807) is 43.0 Å². The van der Waals surface area contributed by atoms with Crippen LogP contribution in [0.1, 0.15) is 42.6 Å². The van der Waals surface area contributed by atoms with Crippen molar-refractivity contribution in [3.8, 4) is 5.82 Å². The van der Waals surface area contributed by atoms with Crippen LogP contribution in [0.5, 0.6) is 0 Å². The quantitative estimate of drug-likeness (QED) is 0.560. The van der Waals surface area contributed by atoms with Crippen LogP contribution in [0.3, 0.4) is 0 Å². The zero-order valence-electron chi connectivity index (χ0n) is 17.4. The third kappa shape index (κ3) is 3.28. The van der Waals surface area contributed by atoms with Crippen LogP contribution in [-0.2, 0) is 12.5 Å². The lowest BCUT2D eigenvalue weighted by atomic mass is 9.92. The standard InChI is InChI=1S/C21H22N6O3/c1-12-16(17-19(30-12)23-11-26(5)20(17)29)18(28)24-15-10-13(21(2,3)4)25-27(15)14-8-6-7-9-22-14/h6-11H,1-5H3,(H,24,28). The van der Waals surface area contributed by atoms with E-state index < -0.39 is 5.91 Å². The number of hydrogen-bond acceptors (Lipinski definition) is 6. The van der Waals surface area contributed by atoms with Crippen molar-refractivity contribution in [1.82, 2.24) is 24.3 Å². The molecule has 0 aliphatic carbocycles. The van der Waals surface area contributed by atoms with Gasteiger partial charge in [-0.2, -0.15) is 9.78 Å². The van der Waals surface area contributed by atoms with Gasteiger partial charge in [0, 0.05) is 24.7 Å². The molecule has 0 aromatic carbocycles. The highest BCUT2D eigenvalue weighted by Crippen LogP contribution is 2.27. The number of hydrogen-bond donors (Lipinski definition) is 1. The Morgan fingerprint density at radius 3 is 2.63 bits per heavy atom. The monoisotopic (exact) mass is 406 g/mol. The number of fused-ring (bicyclic) bond motifs is 1. The molecule has 0 radical (unpaired) electrons. The number of carbonyl (C=O) groups excluding carboxylic acids is 1. The summed E-state index contributed by atoms with van der Waals surface area (Å²) in [5.41, 5.74) is 0.488. The summed E-state index contributed by atoms with van der Waals surface area (Å²) in [6.45, 7) is 7.74. The predicted molar refractivity (Wildman–Crippen MR) is 112 cm³/mol. The topological polar surface area (TPSA) is 108 Å². The van der Waals surface area contributed by atoms with Gasteiger partial charge in [-0.05, 0) is 19.1 Å². The number of rotatable bonds is 3. The molecule has 9 nitrogen and oxygen atoms in total. The van der Waals surface area contributed by atoms with E-state index in [9.17, 15) is 9.59 Å². The number of aromatic nitrogens is 5. The van der Waals surface area contributed by atoms with Gasteiger partial charge in [0.1, 0.15) is 23.3 Å². The molecule has 4 aromatic rings. The number of pyridine rings is 1. The first-order chi connectivity index (χ1) is 14.2. The molecule has 0 saturated carbocycles. The van der Waals surface area contributed by atoms with Crippen LogP contribution >= 0.6 is 0 Å². The van der Waals surface area contributed by atoms with E-state index >= 15 is 0 Å².